The maximum atomic E-state index is 13.1. The number of rotatable bonds is 3. The summed E-state index contributed by atoms with van der Waals surface area (Å²) in [5.74, 6) is -1.32. The molecule has 2 aromatic carbocycles. The lowest BCUT2D eigenvalue weighted by Gasteiger charge is -2.29. The summed E-state index contributed by atoms with van der Waals surface area (Å²) in [6, 6.07) is 12.9. The first-order valence-corrected chi connectivity index (χ1v) is 8.79. The number of Topliss-reactive ketones (excluding diaryl/α,β-unsaturated/α-hetero) is 1. The molecule has 0 saturated carbocycles. The minimum atomic E-state index is -0.763. The van der Waals surface area contributed by atoms with Crippen LogP contribution in [0, 0.1) is 12.3 Å². The molecule has 0 spiro atoms. The van der Waals surface area contributed by atoms with Crippen LogP contribution in [0.4, 0.5) is 5.69 Å². The summed E-state index contributed by atoms with van der Waals surface area (Å²) in [5.41, 5.74) is 1.44. The van der Waals surface area contributed by atoms with Gasteiger partial charge >= 0.3 is 0 Å². The Hall–Kier alpha value is -3.08. The molecule has 140 valence electrons. The highest BCUT2D eigenvalue weighted by Crippen LogP contribution is 2.44. The molecule has 1 aliphatic rings. The highest BCUT2D eigenvalue weighted by atomic mass is 16.3. The van der Waals surface area contributed by atoms with E-state index < -0.39 is 23.1 Å². The van der Waals surface area contributed by atoms with E-state index in [1.807, 2.05) is 25.1 Å². The number of carbonyl (C=O) groups excluding carboxylic acids is 2. The number of aromatic hydroxyl groups is 1. The molecule has 0 aromatic heterocycles. The molecule has 3 rings (SSSR count). The van der Waals surface area contributed by atoms with E-state index in [9.17, 15) is 19.8 Å². The smallest absolute Gasteiger partial charge is 0.294 e. The Morgan fingerprint density at radius 3 is 2.15 bits per heavy atom. The van der Waals surface area contributed by atoms with Crippen molar-refractivity contribution >= 4 is 17.4 Å². The number of phenols is 1. The molecule has 1 unspecified atom stereocenters. The van der Waals surface area contributed by atoms with Gasteiger partial charge in [-0.2, -0.15) is 0 Å². The summed E-state index contributed by atoms with van der Waals surface area (Å²) in [6.45, 7) is 7.14. The van der Waals surface area contributed by atoms with E-state index in [-0.39, 0.29) is 17.1 Å². The number of anilines is 1. The van der Waals surface area contributed by atoms with Gasteiger partial charge in [-0.25, -0.2) is 0 Å². The second-order valence-corrected chi connectivity index (χ2v) is 7.80. The van der Waals surface area contributed by atoms with Crippen molar-refractivity contribution in [2.24, 2.45) is 5.41 Å². The van der Waals surface area contributed by atoms with Crippen LogP contribution in [-0.4, -0.2) is 21.9 Å². The first-order chi connectivity index (χ1) is 12.6. The predicted molar refractivity (Wildman–Crippen MR) is 104 cm³/mol. The van der Waals surface area contributed by atoms with Gasteiger partial charge in [-0.15, -0.1) is 0 Å². The average Bonchev–Trinajstić information content (AvgIpc) is 2.86. The Kier molecular flexibility index (Phi) is 4.56. The summed E-state index contributed by atoms with van der Waals surface area (Å²) in [7, 11) is 0. The van der Waals surface area contributed by atoms with Gasteiger partial charge in [0.1, 0.15) is 5.75 Å². The fraction of sp³-hybridized carbons (Fsp3) is 0.273. The van der Waals surface area contributed by atoms with Gasteiger partial charge in [0.2, 0.25) is 0 Å². The number of phenolic OH excluding ortho intramolecular Hbond substituents is 1. The molecular weight excluding hydrogens is 342 g/mol. The molecule has 5 nitrogen and oxygen atoms in total. The molecule has 1 aliphatic heterocycles. The highest BCUT2D eigenvalue weighted by Gasteiger charge is 2.46. The largest absolute Gasteiger partial charge is 0.508 e. The first-order valence-electron chi connectivity index (χ1n) is 8.79. The number of ketones is 1. The highest BCUT2D eigenvalue weighted by molar-refractivity contribution is 6.17. The molecule has 0 aliphatic carbocycles. The van der Waals surface area contributed by atoms with Crippen LogP contribution in [0.15, 0.2) is 59.9 Å². The monoisotopic (exact) mass is 365 g/mol. The van der Waals surface area contributed by atoms with Crippen LogP contribution in [0.5, 0.6) is 5.75 Å². The van der Waals surface area contributed by atoms with Gasteiger partial charge in [0.15, 0.2) is 11.5 Å². The number of aliphatic hydroxyl groups is 1. The van der Waals surface area contributed by atoms with Crippen LogP contribution in [0.3, 0.4) is 0 Å². The number of nitrogens with zero attached hydrogens (tertiary/aromatic N) is 1. The fourth-order valence-corrected chi connectivity index (χ4v) is 3.30. The number of carbonyl (C=O) groups is 2. The normalized spacial score (nSPS) is 17.6. The molecule has 5 heteroatoms. The molecule has 1 atom stereocenters. The molecule has 0 saturated heterocycles. The van der Waals surface area contributed by atoms with Crippen LogP contribution < -0.4 is 4.90 Å². The zero-order valence-corrected chi connectivity index (χ0v) is 15.9. The van der Waals surface area contributed by atoms with Gasteiger partial charge in [-0.1, -0.05) is 51.1 Å². The molecule has 0 radical (unpaired) electrons. The quantitative estimate of drug-likeness (QED) is 0.854. The van der Waals surface area contributed by atoms with E-state index in [0.717, 1.165) is 5.56 Å². The van der Waals surface area contributed by atoms with E-state index >= 15 is 0 Å². The molecule has 0 fully saturated rings. The van der Waals surface area contributed by atoms with Gasteiger partial charge in [-0.3, -0.25) is 14.5 Å². The minimum Gasteiger partial charge on any atom is -0.508 e. The molecule has 0 bridgehead atoms. The van der Waals surface area contributed by atoms with Crippen LogP contribution in [-0.2, 0) is 9.59 Å². The van der Waals surface area contributed by atoms with Crippen molar-refractivity contribution in [3.05, 3.63) is 71.0 Å². The molecule has 2 N–H and O–H groups in total. The number of hydrogen-bond donors (Lipinski definition) is 2. The van der Waals surface area contributed by atoms with Gasteiger partial charge in [0.25, 0.3) is 5.91 Å². The van der Waals surface area contributed by atoms with Crippen molar-refractivity contribution in [3.8, 4) is 5.75 Å². The van der Waals surface area contributed by atoms with Gasteiger partial charge in [0.05, 0.1) is 11.6 Å². The predicted octanol–water partition coefficient (Wildman–Crippen LogP) is 4.22. The summed E-state index contributed by atoms with van der Waals surface area (Å²) in [4.78, 5) is 27.5. The third-order valence-corrected chi connectivity index (χ3v) is 4.72. The van der Waals surface area contributed by atoms with Crippen molar-refractivity contribution in [2.45, 2.75) is 33.7 Å². The van der Waals surface area contributed by atoms with E-state index in [1.165, 1.54) is 17.0 Å². The molecule has 1 amide bonds. The van der Waals surface area contributed by atoms with Crippen molar-refractivity contribution in [1.82, 2.24) is 0 Å². The minimum absolute atomic E-state index is 0.0847. The Labute approximate surface area is 158 Å². The lowest BCUT2D eigenvalue weighted by molar-refractivity contribution is -0.123. The Balaban J connectivity index is 2.23. The fourth-order valence-electron chi connectivity index (χ4n) is 3.30. The standard InChI is InChI=1S/C22H23NO4/c1-13-7-5-6-8-16(13)23-18(14-9-11-15(24)12-10-14)17(19(25)21(23)27)20(26)22(2,3)4/h5-12,18,24-25H,1-4H3. The number of para-hydroxylation sites is 1. The molecule has 27 heavy (non-hydrogen) atoms. The molecular formula is C22H23NO4. The Morgan fingerprint density at radius 1 is 1.00 bits per heavy atom. The second kappa shape index (κ2) is 6.58. The maximum Gasteiger partial charge on any atom is 0.294 e. The van der Waals surface area contributed by atoms with Crippen LogP contribution in [0.2, 0.25) is 0 Å². The average molecular weight is 365 g/mol. The third-order valence-electron chi connectivity index (χ3n) is 4.72. The van der Waals surface area contributed by atoms with Gasteiger partial charge in [0, 0.05) is 11.1 Å². The Morgan fingerprint density at radius 2 is 1.59 bits per heavy atom. The molecule has 2 aromatic rings. The van der Waals surface area contributed by atoms with Crippen LogP contribution >= 0.6 is 0 Å². The summed E-state index contributed by atoms with van der Waals surface area (Å²) in [5, 5.41) is 20.2. The van der Waals surface area contributed by atoms with Crippen molar-refractivity contribution < 1.29 is 19.8 Å². The van der Waals surface area contributed by atoms with Gasteiger partial charge in [-0.05, 0) is 36.2 Å². The van der Waals surface area contributed by atoms with E-state index in [2.05, 4.69) is 0 Å². The summed E-state index contributed by atoms with van der Waals surface area (Å²) >= 11 is 0. The SMILES string of the molecule is Cc1ccccc1N1C(=O)C(O)=C(C(=O)C(C)(C)C)C1c1ccc(O)cc1. The Bertz CT molecular complexity index is 936. The third kappa shape index (κ3) is 3.21. The first kappa shape index (κ1) is 18.7. The molecule has 1 heterocycles. The lowest BCUT2D eigenvalue weighted by atomic mass is 9.82. The summed E-state index contributed by atoms with van der Waals surface area (Å²) < 4.78 is 0. The van der Waals surface area contributed by atoms with Crippen molar-refractivity contribution in [3.63, 3.8) is 0 Å². The van der Waals surface area contributed by atoms with Crippen LogP contribution in [0.1, 0.15) is 37.9 Å². The summed E-state index contributed by atoms with van der Waals surface area (Å²) in [6.07, 6.45) is 0. The van der Waals surface area contributed by atoms with Crippen molar-refractivity contribution in [2.75, 3.05) is 4.90 Å². The number of hydrogen-bond acceptors (Lipinski definition) is 4. The van der Waals surface area contributed by atoms with Gasteiger partial charge < -0.3 is 10.2 Å². The lowest BCUT2D eigenvalue weighted by Crippen LogP contribution is -2.33. The second-order valence-electron chi connectivity index (χ2n) is 7.80. The zero-order chi connectivity index (χ0) is 19.9. The van der Waals surface area contributed by atoms with E-state index in [1.54, 1.807) is 39.0 Å². The maximum absolute atomic E-state index is 13.1. The number of amides is 1. The van der Waals surface area contributed by atoms with E-state index in [0.29, 0.717) is 11.3 Å². The zero-order valence-electron chi connectivity index (χ0n) is 15.9. The number of aryl methyl sites for hydroxylation is 1. The number of aliphatic hydroxyl groups excluding tert-OH is 1. The van der Waals surface area contributed by atoms with E-state index in [4.69, 9.17) is 0 Å². The topological polar surface area (TPSA) is 77.8 Å². The van der Waals surface area contributed by atoms with Crippen molar-refractivity contribution in [1.29, 1.82) is 0 Å². The number of benzene rings is 2. The van der Waals surface area contributed by atoms with Crippen LogP contribution in [0.25, 0.3) is 0 Å².